The van der Waals surface area contributed by atoms with Crippen LogP contribution in [-0.2, 0) is 0 Å². The molecule has 0 radical (unpaired) electrons. The predicted molar refractivity (Wildman–Crippen MR) is 72.8 cm³/mol. The van der Waals surface area contributed by atoms with Crippen LogP contribution in [0.5, 0.6) is 11.5 Å². The fourth-order valence-electron chi connectivity index (χ4n) is 1.47. The molecule has 0 bridgehead atoms. The summed E-state index contributed by atoms with van der Waals surface area (Å²) in [6.45, 7) is 0.566. The Morgan fingerprint density at radius 1 is 1.33 bits per heavy atom. The van der Waals surface area contributed by atoms with Crippen LogP contribution in [0.25, 0.3) is 0 Å². The second-order valence-electron chi connectivity index (χ2n) is 3.69. The number of rotatable bonds is 8. The van der Waals surface area contributed by atoms with E-state index in [4.69, 9.17) is 9.47 Å². The van der Waals surface area contributed by atoms with Gasteiger partial charge in [0.15, 0.2) is 5.75 Å². The Morgan fingerprint density at radius 3 is 2.72 bits per heavy atom. The average Bonchev–Trinajstić information content (AvgIpc) is 2.38. The maximum absolute atomic E-state index is 10.8. The Balaban J connectivity index is 2.56. The molecule has 0 aromatic heterocycles. The van der Waals surface area contributed by atoms with E-state index in [9.17, 15) is 10.1 Å². The van der Waals surface area contributed by atoms with Crippen molar-refractivity contribution in [3.05, 3.63) is 28.3 Å². The first kappa shape index (κ1) is 14.8. The smallest absolute Gasteiger partial charge is 0.314 e. The van der Waals surface area contributed by atoms with Gasteiger partial charge in [0.25, 0.3) is 0 Å². The second-order valence-corrected chi connectivity index (χ2v) is 4.48. The molecule has 6 heteroatoms. The minimum atomic E-state index is -0.476. The highest BCUT2D eigenvalue weighted by Gasteiger charge is 2.15. The van der Waals surface area contributed by atoms with Gasteiger partial charge in [-0.1, -0.05) is 15.9 Å². The lowest BCUT2D eigenvalue weighted by molar-refractivity contribution is -0.385. The lowest BCUT2D eigenvalue weighted by Gasteiger charge is -2.07. The van der Waals surface area contributed by atoms with Gasteiger partial charge in [0.2, 0.25) is 0 Å². The molecule has 1 aromatic carbocycles. The van der Waals surface area contributed by atoms with Crippen LogP contribution in [0.4, 0.5) is 5.69 Å². The van der Waals surface area contributed by atoms with E-state index in [2.05, 4.69) is 15.9 Å². The van der Waals surface area contributed by atoms with Crippen LogP contribution in [0.1, 0.15) is 19.3 Å². The molecule has 0 aliphatic heterocycles. The molecular weight excluding hydrogens is 302 g/mol. The molecule has 18 heavy (non-hydrogen) atoms. The van der Waals surface area contributed by atoms with Gasteiger partial charge in [-0.15, -0.1) is 0 Å². The zero-order valence-corrected chi connectivity index (χ0v) is 11.8. The molecule has 0 N–H and O–H groups in total. The number of alkyl halides is 1. The molecule has 1 rings (SSSR count). The van der Waals surface area contributed by atoms with Crippen molar-refractivity contribution in [3.8, 4) is 11.5 Å². The van der Waals surface area contributed by atoms with E-state index < -0.39 is 4.92 Å². The van der Waals surface area contributed by atoms with Gasteiger partial charge in [-0.2, -0.15) is 0 Å². The van der Waals surface area contributed by atoms with Crippen LogP contribution in [-0.4, -0.2) is 24.0 Å². The van der Waals surface area contributed by atoms with Crippen molar-refractivity contribution in [1.82, 2.24) is 0 Å². The van der Waals surface area contributed by atoms with E-state index in [1.807, 2.05) is 0 Å². The topological polar surface area (TPSA) is 61.6 Å². The maximum atomic E-state index is 10.8. The summed E-state index contributed by atoms with van der Waals surface area (Å²) in [7, 11) is 1.41. The fourth-order valence-corrected chi connectivity index (χ4v) is 1.86. The minimum Gasteiger partial charge on any atom is -0.493 e. The van der Waals surface area contributed by atoms with Gasteiger partial charge in [-0.3, -0.25) is 10.1 Å². The van der Waals surface area contributed by atoms with Gasteiger partial charge in [-0.25, -0.2) is 0 Å². The number of hydrogen-bond acceptors (Lipinski definition) is 4. The van der Waals surface area contributed by atoms with Gasteiger partial charge in [0.1, 0.15) is 5.75 Å². The van der Waals surface area contributed by atoms with Crippen molar-refractivity contribution in [2.24, 2.45) is 0 Å². The third-order valence-corrected chi connectivity index (χ3v) is 2.95. The van der Waals surface area contributed by atoms with Crippen LogP contribution >= 0.6 is 15.9 Å². The summed E-state index contributed by atoms with van der Waals surface area (Å²) in [5.41, 5.74) is -0.0736. The number of hydrogen-bond donors (Lipinski definition) is 0. The zero-order valence-electron chi connectivity index (χ0n) is 10.2. The van der Waals surface area contributed by atoms with Gasteiger partial charge < -0.3 is 9.47 Å². The summed E-state index contributed by atoms with van der Waals surface area (Å²) in [5, 5.41) is 11.8. The average molecular weight is 318 g/mol. The Bertz CT molecular complexity index is 398. The monoisotopic (exact) mass is 317 g/mol. The van der Waals surface area contributed by atoms with Crippen LogP contribution in [0, 0.1) is 10.1 Å². The van der Waals surface area contributed by atoms with Gasteiger partial charge in [0.05, 0.1) is 24.7 Å². The van der Waals surface area contributed by atoms with Crippen molar-refractivity contribution >= 4 is 21.6 Å². The summed E-state index contributed by atoms with van der Waals surface area (Å²) in [4.78, 5) is 10.3. The van der Waals surface area contributed by atoms with Crippen molar-refractivity contribution in [1.29, 1.82) is 0 Å². The number of methoxy groups -OCH3 is 1. The van der Waals surface area contributed by atoms with Crippen molar-refractivity contribution in [3.63, 3.8) is 0 Å². The Morgan fingerprint density at radius 2 is 2.11 bits per heavy atom. The van der Waals surface area contributed by atoms with Crippen LogP contribution in [0.3, 0.4) is 0 Å². The maximum Gasteiger partial charge on any atom is 0.314 e. The number of nitrogens with zero attached hydrogens (tertiary/aromatic N) is 1. The fraction of sp³-hybridized carbons (Fsp3) is 0.500. The van der Waals surface area contributed by atoms with Crippen molar-refractivity contribution in [2.45, 2.75) is 19.3 Å². The zero-order chi connectivity index (χ0) is 13.4. The Labute approximate surface area is 114 Å². The lowest BCUT2D eigenvalue weighted by atomic mass is 10.2. The molecule has 1 aromatic rings. The van der Waals surface area contributed by atoms with Crippen LogP contribution < -0.4 is 9.47 Å². The molecule has 0 unspecified atom stereocenters. The number of nitro groups is 1. The Hall–Kier alpha value is -1.30. The van der Waals surface area contributed by atoms with Crippen LogP contribution in [0.15, 0.2) is 18.2 Å². The molecule has 0 fully saturated rings. The third-order valence-electron chi connectivity index (χ3n) is 2.39. The highest BCUT2D eigenvalue weighted by atomic mass is 79.9. The largest absolute Gasteiger partial charge is 0.493 e. The molecule has 0 saturated heterocycles. The van der Waals surface area contributed by atoms with E-state index in [-0.39, 0.29) is 11.4 Å². The predicted octanol–water partition coefficient (Wildman–Crippen LogP) is 3.55. The highest BCUT2D eigenvalue weighted by molar-refractivity contribution is 9.09. The van der Waals surface area contributed by atoms with Crippen molar-refractivity contribution < 1.29 is 14.4 Å². The van der Waals surface area contributed by atoms with Gasteiger partial charge in [0, 0.05) is 5.33 Å². The first-order valence-corrected chi connectivity index (χ1v) is 6.82. The van der Waals surface area contributed by atoms with E-state index in [0.29, 0.717) is 12.4 Å². The van der Waals surface area contributed by atoms with E-state index in [0.717, 1.165) is 24.6 Å². The normalized spacial score (nSPS) is 10.1. The summed E-state index contributed by atoms with van der Waals surface area (Å²) in [6, 6.07) is 4.62. The van der Waals surface area contributed by atoms with E-state index in [1.54, 1.807) is 12.1 Å². The molecule has 0 amide bonds. The second kappa shape index (κ2) is 7.92. The number of benzene rings is 1. The van der Waals surface area contributed by atoms with Crippen molar-refractivity contribution in [2.75, 3.05) is 19.0 Å². The number of ether oxygens (including phenoxy) is 2. The molecule has 0 atom stereocenters. The van der Waals surface area contributed by atoms with Crippen LogP contribution in [0.2, 0.25) is 0 Å². The molecule has 100 valence electrons. The van der Waals surface area contributed by atoms with Gasteiger partial charge >= 0.3 is 5.69 Å². The standard InChI is InChI=1S/C12H16BrNO4/c1-17-12-6-5-10(9-11(12)14(15)16)18-8-4-2-3-7-13/h5-6,9H,2-4,7-8H2,1H3. The number of halogens is 1. The SMILES string of the molecule is COc1ccc(OCCCCCBr)cc1[N+](=O)[O-]. The first-order chi connectivity index (χ1) is 8.69. The quantitative estimate of drug-likeness (QED) is 0.318. The summed E-state index contributed by atoms with van der Waals surface area (Å²) in [6.07, 6.45) is 3.11. The minimum absolute atomic E-state index is 0.0736. The number of nitro benzene ring substituents is 1. The van der Waals surface area contributed by atoms with E-state index in [1.165, 1.54) is 13.2 Å². The Kier molecular flexibility index (Phi) is 6.49. The van der Waals surface area contributed by atoms with Gasteiger partial charge in [-0.05, 0) is 31.4 Å². The molecule has 0 saturated carbocycles. The molecular formula is C12H16BrNO4. The lowest BCUT2D eigenvalue weighted by Crippen LogP contribution is -1.99. The number of unbranched alkanes of at least 4 members (excludes halogenated alkanes) is 2. The molecule has 5 nitrogen and oxygen atoms in total. The molecule has 0 aliphatic carbocycles. The van der Waals surface area contributed by atoms with E-state index >= 15 is 0 Å². The highest BCUT2D eigenvalue weighted by Crippen LogP contribution is 2.30. The summed E-state index contributed by atoms with van der Waals surface area (Å²) >= 11 is 3.36. The first-order valence-electron chi connectivity index (χ1n) is 5.70. The molecule has 0 aliphatic rings. The molecule has 0 spiro atoms. The summed E-state index contributed by atoms with van der Waals surface area (Å²) < 4.78 is 10.4. The molecule has 0 heterocycles. The summed E-state index contributed by atoms with van der Waals surface area (Å²) in [5.74, 6) is 0.744. The third kappa shape index (κ3) is 4.52.